The van der Waals surface area contributed by atoms with Crippen molar-refractivity contribution in [3.05, 3.63) is 35.1 Å². The number of benzene rings is 1. The molecule has 0 fully saturated rings. The van der Waals surface area contributed by atoms with E-state index in [1.54, 1.807) is 12.1 Å². The lowest BCUT2D eigenvalue weighted by molar-refractivity contribution is 0.570. The Hall–Kier alpha value is -0.890. The molecule has 1 aromatic rings. The molecule has 1 N–H and O–H groups in total. The first-order valence-electron chi connectivity index (χ1n) is 6.06. The van der Waals surface area contributed by atoms with Crippen molar-refractivity contribution in [2.75, 3.05) is 6.54 Å². The molecule has 1 atom stereocenters. The van der Waals surface area contributed by atoms with E-state index in [1.807, 2.05) is 6.07 Å². The second kappa shape index (κ2) is 6.00. The number of halogens is 1. The molecule has 0 amide bonds. The van der Waals surface area contributed by atoms with Gasteiger partial charge in [-0.15, -0.1) is 0 Å². The van der Waals surface area contributed by atoms with Gasteiger partial charge < -0.3 is 5.32 Å². The van der Waals surface area contributed by atoms with Crippen molar-refractivity contribution in [3.8, 4) is 0 Å². The number of nitrogens with one attached hydrogen (secondary N) is 1. The van der Waals surface area contributed by atoms with Crippen molar-refractivity contribution < 1.29 is 4.39 Å². The van der Waals surface area contributed by atoms with Crippen LogP contribution < -0.4 is 5.32 Å². The van der Waals surface area contributed by atoms with Gasteiger partial charge in [0.1, 0.15) is 5.82 Å². The maximum absolute atomic E-state index is 13.2. The van der Waals surface area contributed by atoms with E-state index in [0.717, 1.165) is 18.5 Å². The summed E-state index contributed by atoms with van der Waals surface area (Å²) in [6.45, 7) is 9.46. The predicted molar refractivity (Wildman–Crippen MR) is 67.0 cm³/mol. The Bertz CT molecular complexity index is 334. The van der Waals surface area contributed by atoms with Crippen LogP contribution in [0.15, 0.2) is 18.2 Å². The summed E-state index contributed by atoms with van der Waals surface area (Å²) in [5, 5.41) is 3.37. The van der Waals surface area contributed by atoms with Crippen LogP contribution in [-0.2, 0) is 6.42 Å². The third-order valence-corrected chi connectivity index (χ3v) is 2.71. The molecule has 1 rings (SSSR count). The first kappa shape index (κ1) is 13.2. The van der Waals surface area contributed by atoms with Crippen LogP contribution in [-0.4, -0.2) is 6.54 Å². The van der Waals surface area contributed by atoms with Gasteiger partial charge in [0.2, 0.25) is 0 Å². The molecular weight excluding hydrogens is 201 g/mol. The fraction of sp³-hybridized carbons (Fsp3) is 0.571. The maximum atomic E-state index is 13.2. The zero-order chi connectivity index (χ0) is 12.1. The van der Waals surface area contributed by atoms with Crippen molar-refractivity contribution in [2.24, 2.45) is 5.92 Å². The van der Waals surface area contributed by atoms with E-state index >= 15 is 0 Å². The van der Waals surface area contributed by atoms with Crippen molar-refractivity contribution >= 4 is 0 Å². The third kappa shape index (κ3) is 3.60. The van der Waals surface area contributed by atoms with E-state index in [1.165, 1.54) is 5.56 Å². The number of hydrogen-bond donors (Lipinski definition) is 1. The summed E-state index contributed by atoms with van der Waals surface area (Å²) in [4.78, 5) is 0. The molecule has 0 radical (unpaired) electrons. The van der Waals surface area contributed by atoms with Gasteiger partial charge in [-0.3, -0.25) is 0 Å². The Balaban J connectivity index is 2.97. The predicted octanol–water partition coefficient (Wildman–Crippen LogP) is 3.69. The third-order valence-electron chi connectivity index (χ3n) is 2.71. The van der Waals surface area contributed by atoms with Gasteiger partial charge in [0.25, 0.3) is 0 Å². The van der Waals surface area contributed by atoms with Crippen LogP contribution in [0.1, 0.15) is 44.9 Å². The lowest BCUT2D eigenvalue weighted by Gasteiger charge is -2.18. The fourth-order valence-corrected chi connectivity index (χ4v) is 2.03. The average Bonchev–Trinajstić information content (AvgIpc) is 2.16. The minimum atomic E-state index is -0.136. The van der Waals surface area contributed by atoms with E-state index in [-0.39, 0.29) is 5.82 Å². The summed E-state index contributed by atoms with van der Waals surface area (Å²) < 4.78 is 13.2. The SMILES string of the molecule is CCNC(C)c1ccc(F)cc1CC(C)C. The van der Waals surface area contributed by atoms with Gasteiger partial charge in [0.15, 0.2) is 0 Å². The molecule has 0 saturated carbocycles. The molecule has 0 aliphatic heterocycles. The Labute approximate surface area is 98.1 Å². The summed E-state index contributed by atoms with van der Waals surface area (Å²) in [5.41, 5.74) is 2.35. The molecule has 1 nitrogen and oxygen atoms in total. The standard InChI is InChI=1S/C14H22FN/c1-5-16-11(4)14-7-6-13(15)9-12(14)8-10(2)3/h6-7,9-11,16H,5,8H2,1-4H3. The molecule has 2 heteroatoms. The summed E-state index contributed by atoms with van der Waals surface area (Å²) in [6, 6.07) is 5.41. The van der Waals surface area contributed by atoms with Gasteiger partial charge in [-0.1, -0.05) is 26.8 Å². The smallest absolute Gasteiger partial charge is 0.123 e. The van der Waals surface area contributed by atoms with Gasteiger partial charge in [0.05, 0.1) is 0 Å². The summed E-state index contributed by atoms with van der Waals surface area (Å²) in [7, 11) is 0. The summed E-state index contributed by atoms with van der Waals surface area (Å²) >= 11 is 0. The largest absolute Gasteiger partial charge is 0.310 e. The van der Waals surface area contributed by atoms with Crippen LogP contribution in [0.3, 0.4) is 0 Å². The fourth-order valence-electron chi connectivity index (χ4n) is 2.03. The maximum Gasteiger partial charge on any atom is 0.123 e. The van der Waals surface area contributed by atoms with Crippen LogP contribution in [0.5, 0.6) is 0 Å². The van der Waals surface area contributed by atoms with E-state index in [9.17, 15) is 4.39 Å². The number of rotatable bonds is 5. The van der Waals surface area contributed by atoms with Crippen molar-refractivity contribution in [3.63, 3.8) is 0 Å². The molecule has 0 spiro atoms. The minimum Gasteiger partial charge on any atom is -0.310 e. The molecule has 16 heavy (non-hydrogen) atoms. The van der Waals surface area contributed by atoms with Crippen LogP contribution in [0.25, 0.3) is 0 Å². The average molecular weight is 223 g/mol. The molecule has 0 saturated heterocycles. The van der Waals surface area contributed by atoms with Crippen LogP contribution >= 0.6 is 0 Å². The molecule has 0 aromatic heterocycles. The van der Waals surface area contributed by atoms with E-state index in [4.69, 9.17) is 0 Å². The van der Waals surface area contributed by atoms with Crippen molar-refractivity contribution in [1.29, 1.82) is 0 Å². The van der Waals surface area contributed by atoms with Crippen molar-refractivity contribution in [1.82, 2.24) is 5.32 Å². The lowest BCUT2D eigenvalue weighted by Crippen LogP contribution is -2.19. The first-order valence-corrected chi connectivity index (χ1v) is 6.06. The van der Waals surface area contributed by atoms with Crippen LogP contribution in [0.4, 0.5) is 4.39 Å². The monoisotopic (exact) mass is 223 g/mol. The highest BCUT2D eigenvalue weighted by Gasteiger charge is 2.11. The molecule has 1 aromatic carbocycles. The molecule has 0 aliphatic carbocycles. The summed E-state index contributed by atoms with van der Waals surface area (Å²) in [6.07, 6.45) is 0.933. The Morgan fingerprint density at radius 1 is 1.25 bits per heavy atom. The zero-order valence-electron chi connectivity index (χ0n) is 10.7. The lowest BCUT2D eigenvalue weighted by atomic mass is 9.94. The second-order valence-electron chi connectivity index (χ2n) is 4.72. The Morgan fingerprint density at radius 3 is 2.50 bits per heavy atom. The normalized spacial score (nSPS) is 13.1. The van der Waals surface area contributed by atoms with Crippen LogP contribution in [0, 0.1) is 11.7 Å². The first-order chi connectivity index (χ1) is 7.54. The molecule has 1 unspecified atom stereocenters. The quantitative estimate of drug-likeness (QED) is 0.802. The molecule has 90 valence electrons. The van der Waals surface area contributed by atoms with Gasteiger partial charge >= 0.3 is 0 Å². The van der Waals surface area contributed by atoms with E-state index < -0.39 is 0 Å². The van der Waals surface area contributed by atoms with Gasteiger partial charge in [-0.05, 0) is 49.1 Å². The molecule has 0 heterocycles. The van der Waals surface area contributed by atoms with Crippen LogP contribution in [0.2, 0.25) is 0 Å². The number of hydrogen-bond acceptors (Lipinski definition) is 1. The Morgan fingerprint density at radius 2 is 1.94 bits per heavy atom. The summed E-state index contributed by atoms with van der Waals surface area (Å²) in [5.74, 6) is 0.414. The highest BCUT2D eigenvalue weighted by atomic mass is 19.1. The highest BCUT2D eigenvalue weighted by Crippen LogP contribution is 2.21. The molecule has 0 aliphatic rings. The van der Waals surface area contributed by atoms with Gasteiger partial charge in [-0.25, -0.2) is 4.39 Å². The van der Waals surface area contributed by atoms with E-state index in [0.29, 0.717) is 12.0 Å². The topological polar surface area (TPSA) is 12.0 Å². The minimum absolute atomic E-state index is 0.136. The van der Waals surface area contributed by atoms with Crippen molar-refractivity contribution in [2.45, 2.75) is 40.2 Å². The second-order valence-corrected chi connectivity index (χ2v) is 4.72. The van der Waals surface area contributed by atoms with E-state index in [2.05, 4.69) is 33.0 Å². The molecular formula is C14H22FN. The Kier molecular flexibility index (Phi) is 4.94. The van der Waals surface area contributed by atoms with Gasteiger partial charge in [-0.2, -0.15) is 0 Å². The molecule has 0 bridgehead atoms. The highest BCUT2D eigenvalue weighted by molar-refractivity contribution is 5.30. The zero-order valence-corrected chi connectivity index (χ0v) is 10.7. The van der Waals surface area contributed by atoms with Gasteiger partial charge in [0, 0.05) is 6.04 Å².